The molecule has 1 amide bonds. The van der Waals surface area contributed by atoms with Crippen molar-refractivity contribution in [1.82, 2.24) is 14.9 Å². The van der Waals surface area contributed by atoms with Gasteiger partial charge in [-0.3, -0.25) is 9.78 Å². The predicted octanol–water partition coefficient (Wildman–Crippen LogP) is 2.96. The van der Waals surface area contributed by atoms with E-state index in [9.17, 15) is 4.79 Å². The number of amides is 1. The highest BCUT2D eigenvalue weighted by Gasteiger charge is 2.30. The average Bonchev–Trinajstić information content (AvgIpc) is 3.24. The lowest BCUT2D eigenvalue weighted by Crippen LogP contribution is -2.29. The molecule has 0 bridgehead atoms. The number of rotatable bonds is 4. The fourth-order valence-corrected chi connectivity index (χ4v) is 3.25. The first-order valence-corrected chi connectivity index (χ1v) is 8.18. The topological polar surface area (TPSA) is 58.1 Å². The van der Waals surface area contributed by atoms with Gasteiger partial charge in [0.2, 0.25) is 5.91 Å². The molecule has 1 saturated heterocycles. The molecule has 0 saturated carbocycles. The molecule has 5 nitrogen and oxygen atoms in total. The van der Waals surface area contributed by atoms with Crippen LogP contribution in [0, 0.1) is 0 Å². The second kappa shape index (κ2) is 6.70. The molecule has 3 heterocycles. The highest BCUT2D eigenvalue weighted by atomic mass is 32.1. The Kier molecular flexibility index (Phi) is 4.48. The maximum Gasteiger partial charge on any atom is 0.247 e. The quantitative estimate of drug-likeness (QED) is 0.882. The van der Waals surface area contributed by atoms with E-state index < -0.39 is 0 Å². The number of anilines is 1. The maximum atomic E-state index is 12.5. The fraction of sp³-hybridized carbons (Fsp3) is 0.312. The monoisotopic (exact) mass is 314 g/mol. The van der Waals surface area contributed by atoms with Crippen LogP contribution in [0.4, 0.5) is 5.82 Å². The molecule has 2 aromatic heterocycles. The van der Waals surface area contributed by atoms with Crippen LogP contribution in [0.5, 0.6) is 0 Å². The number of hydrogen-bond donors (Lipinski definition) is 1. The Morgan fingerprint density at radius 3 is 3.18 bits per heavy atom. The minimum atomic E-state index is 0.0151. The summed E-state index contributed by atoms with van der Waals surface area (Å²) in [4.78, 5) is 24.2. The minimum absolute atomic E-state index is 0.0151. The van der Waals surface area contributed by atoms with Crippen LogP contribution >= 0.6 is 11.3 Å². The Morgan fingerprint density at radius 2 is 2.41 bits per heavy atom. The van der Waals surface area contributed by atoms with Gasteiger partial charge in [0.1, 0.15) is 5.82 Å². The highest BCUT2D eigenvalue weighted by Crippen LogP contribution is 2.31. The van der Waals surface area contributed by atoms with E-state index in [0.29, 0.717) is 0 Å². The summed E-state index contributed by atoms with van der Waals surface area (Å²) >= 11 is 1.62. The SMILES string of the molecule is CNc1cncc(C2CCCN2C(=O)/C=C/c2cccs2)n1. The van der Waals surface area contributed by atoms with E-state index in [1.54, 1.807) is 29.8 Å². The third-order valence-electron chi connectivity index (χ3n) is 3.72. The van der Waals surface area contributed by atoms with Gasteiger partial charge in [-0.25, -0.2) is 4.98 Å². The van der Waals surface area contributed by atoms with Gasteiger partial charge in [0.15, 0.2) is 0 Å². The van der Waals surface area contributed by atoms with Crippen molar-refractivity contribution in [1.29, 1.82) is 0 Å². The summed E-state index contributed by atoms with van der Waals surface area (Å²) in [6, 6.07) is 3.99. The van der Waals surface area contributed by atoms with E-state index >= 15 is 0 Å². The normalized spacial score (nSPS) is 18.0. The molecule has 1 atom stereocenters. The van der Waals surface area contributed by atoms with Crippen molar-refractivity contribution < 1.29 is 4.79 Å². The molecule has 6 heteroatoms. The second-order valence-electron chi connectivity index (χ2n) is 5.12. The van der Waals surface area contributed by atoms with Gasteiger partial charge in [-0.1, -0.05) is 6.07 Å². The summed E-state index contributed by atoms with van der Waals surface area (Å²) in [7, 11) is 1.81. The Bertz CT molecular complexity index is 669. The zero-order chi connectivity index (χ0) is 15.4. The first kappa shape index (κ1) is 14.7. The molecule has 22 heavy (non-hydrogen) atoms. The number of aromatic nitrogens is 2. The highest BCUT2D eigenvalue weighted by molar-refractivity contribution is 7.10. The van der Waals surface area contributed by atoms with Crippen molar-refractivity contribution in [2.75, 3.05) is 18.9 Å². The van der Waals surface area contributed by atoms with E-state index in [4.69, 9.17) is 0 Å². The molecule has 0 radical (unpaired) electrons. The zero-order valence-corrected chi connectivity index (χ0v) is 13.2. The maximum absolute atomic E-state index is 12.5. The molecule has 3 rings (SSSR count). The molecule has 2 aromatic rings. The third-order valence-corrected chi connectivity index (χ3v) is 4.56. The molecule has 0 aliphatic carbocycles. The van der Waals surface area contributed by atoms with E-state index in [-0.39, 0.29) is 11.9 Å². The number of likely N-dealkylation sites (tertiary alicyclic amines) is 1. The van der Waals surface area contributed by atoms with Gasteiger partial charge in [-0.05, 0) is 30.4 Å². The molecule has 1 unspecified atom stereocenters. The number of carbonyl (C=O) groups is 1. The number of carbonyl (C=O) groups excluding carboxylic acids is 1. The smallest absolute Gasteiger partial charge is 0.247 e. The van der Waals surface area contributed by atoms with Crippen molar-refractivity contribution >= 4 is 29.1 Å². The molecule has 1 fully saturated rings. The van der Waals surface area contributed by atoms with E-state index in [0.717, 1.165) is 35.8 Å². The van der Waals surface area contributed by atoms with Gasteiger partial charge in [0, 0.05) is 24.5 Å². The predicted molar refractivity (Wildman–Crippen MR) is 88.6 cm³/mol. The summed E-state index contributed by atoms with van der Waals surface area (Å²) in [5.74, 6) is 0.762. The van der Waals surface area contributed by atoms with Gasteiger partial charge in [0.25, 0.3) is 0 Å². The van der Waals surface area contributed by atoms with E-state index in [1.807, 2.05) is 35.5 Å². The van der Waals surface area contributed by atoms with Crippen LogP contribution in [-0.2, 0) is 4.79 Å². The summed E-state index contributed by atoms with van der Waals surface area (Å²) in [6.45, 7) is 0.768. The lowest BCUT2D eigenvalue weighted by molar-refractivity contribution is -0.126. The van der Waals surface area contributed by atoms with Crippen molar-refractivity contribution in [3.05, 3.63) is 46.6 Å². The molecule has 0 aromatic carbocycles. The number of nitrogens with one attached hydrogen (secondary N) is 1. The van der Waals surface area contributed by atoms with Crippen LogP contribution in [0.1, 0.15) is 29.5 Å². The zero-order valence-electron chi connectivity index (χ0n) is 12.4. The molecular weight excluding hydrogens is 296 g/mol. The largest absolute Gasteiger partial charge is 0.372 e. The number of nitrogens with zero attached hydrogens (tertiary/aromatic N) is 3. The molecule has 1 N–H and O–H groups in total. The van der Waals surface area contributed by atoms with Gasteiger partial charge in [-0.2, -0.15) is 0 Å². The lowest BCUT2D eigenvalue weighted by Gasteiger charge is -2.23. The van der Waals surface area contributed by atoms with E-state index in [2.05, 4.69) is 15.3 Å². The Hall–Kier alpha value is -2.21. The fourth-order valence-electron chi connectivity index (χ4n) is 2.64. The average molecular weight is 314 g/mol. The Morgan fingerprint density at radius 1 is 1.50 bits per heavy atom. The first-order valence-electron chi connectivity index (χ1n) is 7.30. The van der Waals surface area contributed by atoms with Gasteiger partial charge >= 0.3 is 0 Å². The summed E-state index contributed by atoms with van der Waals surface area (Å²) in [6.07, 6.45) is 8.88. The second-order valence-corrected chi connectivity index (χ2v) is 6.10. The number of hydrogen-bond acceptors (Lipinski definition) is 5. The van der Waals surface area contributed by atoms with Crippen molar-refractivity contribution in [2.24, 2.45) is 0 Å². The first-order chi connectivity index (χ1) is 10.8. The van der Waals surface area contributed by atoms with Crippen LogP contribution in [0.25, 0.3) is 6.08 Å². The van der Waals surface area contributed by atoms with Crippen molar-refractivity contribution in [3.63, 3.8) is 0 Å². The van der Waals surface area contributed by atoms with Gasteiger partial charge in [-0.15, -0.1) is 11.3 Å². The summed E-state index contributed by atoms with van der Waals surface area (Å²) in [5, 5.41) is 4.99. The van der Waals surface area contributed by atoms with Crippen molar-refractivity contribution in [3.8, 4) is 0 Å². The van der Waals surface area contributed by atoms with Crippen LogP contribution in [0.3, 0.4) is 0 Å². The van der Waals surface area contributed by atoms with Crippen LogP contribution in [0.15, 0.2) is 36.0 Å². The minimum Gasteiger partial charge on any atom is -0.372 e. The van der Waals surface area contributed by atoms with E-state index in [1.165, 1.54) is 0 Å². The standard InChI is InChI=1S/C16H18N4OS/c1-17-15-11-18-10-13(19-15)14-5-2-8-20(14)16(21)7-6-12-4-3-9-22-12/h3-4,6-7,9-11,14H,2,5,8H2,1H3,(H,17,19)/b7-6+. The summed E-state index contributed by atoms with van der Waals surface area (Å²) in [5.41, 5.74) is 0.849. The van der Waals surface area contributed by atoms with Gasteiger partial charge in [0.05, 0.1) is 24.1 Å². The lowest BCUT2D eigenvalue weighted by atomic mass is 10.1. The molecule has 0 spiro atoms. The number of thiophene rings is 1. The molecule has 1 aliphatic heterocycles. The summed E-state index contributed by atoms with van der Waals surface area (Å²) < 4.78 is 0. The van der Waals surface area contributed by atoms with Crippen LogP contribution in [-0.4, -0.2) is 34.4 Å². The molecule has 1 aliphatic rings. The Labute approximate surface area is 133 Å². The van der Waals surface area contributed by atoms with Crippen LogP contribution in [0.2, 0.25) is 0 Å². The molecular formula is C16H18N4OS. The Balaban J connectivity index is 1.76. The molecule has 114 valence electrons. The third kappa shape index (κ3) is 3.17. The van der Waals surface area contributed by atoms with Gasteiger partial charge < -0.3 is 10.2 Å². The van der Waals surface area contributed by atoms with Crippen molar-refractivity contribution in [2.45, 2.75) is 18.9 Å². The van der Waals surface area contributed by atoms with Crippen LogP contribution < -0.4 is 5.32 Å².